The van der Waals surface area contributed by atoms with Crippen molar-refractivity contribution in [1.29, 1.82) is 5.41 Å². The van der Waals surface area contributed by atoms with Gasteiger partial charge in [-0.15, -0.1) is 0 Å². The molecule has 1 aromatic carbocycles. The Kier molecular flexibility index (Phi) is 1.81. The van der Waals surface area contributed by atoms with Gasteiger partial charge in [-0.25, -0.2) is 0 Å². The third kappa shape index (κ3) is 1.21. The monoisotopic (exact) mass is 137 g/mol. The van der Waals surface area contributed by atoms with Gasteiger partial charge in [-0.3, -0.25) is 5.41 Å². The Hall–Kier alpha value is -1.18. The summed E-state index contributed by atoms with van der Waals surface area (Å²) in [5, 5.41) is 6.71. The smallest absolute Gasteiger partial charge is 0.213 e. The van der Waals surface area contributed by atoms with Crippen molar-refractivity contribution in [2.45, 2.75) is 6.92 Å². The van der Waals surface area contributed by atoms with Gasteiger partial charge in [0.1, 0.15) is 0 Å². The van der Waals surface area contributed by atoms with E-state index in [9.17, 15) is 4.39 Å². The van der Waals surface area contributed by atoms with Crippen molar-refractivity contribution < 1.29 is 4.39 Å². The molecule has 1 rings (SSSR count). The van der Waals surface area contributed by atoms with Crippen LogP contribution in [-0.2, 0) is 0 Å². The first-order chi connectivity index (χ1) is 4.72. The van der Waals surface area contributed by atoms with Crippen LogP contribution in [0.1, 0.15) is 11.1 Å². The number of hydrogen-bond acceptors (Lipinski definition) is 1. The Balaban J connectivity index is 3.15. The zero-order chi connectivity index (χ0) is 7.56. The zero-order valence-corrected chi connectivity index (χ0v) is 5.69. The molecule has 0 aliphatic heterocycles. The lowest BCUT2D eigenvalue weighted by atomic mass is 10.1. The van der Waals surface area contributed by atoms with Crippen LogP contribution >= 0.6 is 0 Å². The third-order valence-electron chi connectivity index (χ3n) is 1.38. The summed E-state index contributed by atoms with van der Waals surface area (Å²) in [6.45, 7) is 1.78. The van der Waals surface area contributed by atoms with Crippen LogP contribution in [0.5, 0.6) is 0 Å². The van der Waals surface area contributed by atoms with Crippen LogP contribution in [0, 0.1) is 12.3 Å². The van der Waals surface area contributed by atoms with Crippen molar-refractivity contribution in [2.75, 3.05) is 0 Å². The van der Waals surface area contributed by atoms with Gasteiger partial charge in [0.25, 0.3) is 0 Å². The molecule has 0 unspecified atom stereocenters. The van der Waals surface area contributed by atoms with Gasteiger partial charge in [0.05, 0.1) is 0 Å². The first-order valence-electron chi connectivity index (χ1n) is 3.02. The second-order valence-electron chi connectivity index (χ2n) is 2.13. The third-order valence-corrected chi connectivity index (χ3v) is 1.38. The highest BCUT2D eigenvalue weighted by Crippen LogP contribution is 2.07. The average Bonchev–Trinajstić information content (AvgIpc) is 1.88. The molecule has 0 radical (unpaired) electrons. The predicted octanol–water partition coefficient (Wildman–Crippen LogP) is 2.29. The fourth-order valence-electron chi connectivity index (χ4n) is 0.819. The quantitative estimate of drug-likeness (QED) is 0.574. The molecule has 1 nitrogen and oxygen atoms in total. The van der Waals surface area contributed by atoms with E-state index in [4.69, 9.17) is 5.41 Å². The van der Waals surface area contributed by atoms with Gasteiger partial charge in [-0.05, 0) is 12.5 Å². The van der Waals surface area contributed by atoms with Gasteiger partial charge in [0, 0.05) is 5.56 Å². The van der Waals surface area contributed by atoms with E-state index in [1.54, 1.807) is 25.1 Å². The summed E-state index contributed by atoms with van der Waals surface area (Å²) >= 11 is 0. The highest BCUT2D eigenvalue weighted by molar-refractivity contribution is 5.91. The molecule has 0 atom stereocenters. The Morgan fingerprint density at radius 2 is 2.00 bits per heavy atom. The van der Waals surface area contributed by atoms with Crippen LogP contribution < -0.4 is 0 Å². The Morgan fingerprint density at radius 1 is 1.40 bits per heavy atom. The molecular formula is C8H8FN. The second-order valence-corrected chi connectivity index (χ2v) is 2.13. The Labute approximate surface area is 59.0 Å². The highest BCUT2D eigenvalue weighted by atomic mass is 19.1. The maximum atomic E-state index is 12.3. The lowest BCUT2D eigenvalue weighted by Crippen LogP contribution is -1.92. The van der Waals surface area contributed by atoms with Crippen LogP contribution in [0.25, 0.3) is 0 Å². The van der Waals surface area contributed by atoms with E-state index in [-0.39, 0.29) is 0 Å². The van der Waals surface area contributed by atoms with Crippen molar-refractivity contribution >= 4 is 5.97 Å². The minimum atomic E-state index is -0.863. The first kappa shape index (κ1) is 6.93. The van der Waals surface area contributed by atoms with Gasteiger partial charge in [0.2, 0.25) is 5.97 Å². The topological polar surface area (TPSA) is 23.9 Å². The van der Waals surface area contributed by atoms with Crippen LogP contribution in [0.3, 0.4) is 0 Å². The molecule has 0 saturated heterocycles. The molecule has 0 saturated carbocycles. The van der Waals surface area contributed by atoms with Crippen molar-refractivity contribution in [1.82, 2.24) is 0 Å². The molecule has 0 aromatic heterocycles. The molecular weight excluding hydrogens is 129 g/mol. The lowest BCUT2D eigenvalue weighted by molar-refractivity contribution is 0.796. The molecule has 0 bridgehead atoms. The van der Waals surface area contributed by atoms with E-state index in [2.05, 4.69) is 0 Å². The van der Waals surface area contributed by atoms with Crippen LogP contribution in [0.15, 0.2) is 24.3 Å². The molecule has 1 N–H and O–H groups in total. The maximum Gasteiger partial charge on any atom is 0.213 e. The summed E-state index contributed by atoms with van der Waals surface area (Å²) in [6, 6.07) is 6.92. The van der Waals surface area contributed by atoms with Crippen LogP contribution in [-0.4, -0.2) is 5.97 Å². The summed E-state index contributed by atoms with van der Waals surface area (Å²) < 4.78 is 12.3. The number of rotatable bonds is 1. The molecule has 0 spiro atoms. The summed E-state index contributed by atoms with van der Waals surface area (Å²) in [5.74, 6) is -0.863. The Bertz CT molecular complexity index is 255. The van der Waals surface area contributed by atoms with Gasteiger partial charge >= 0.3 is 0 Å². The first-order valence-corrected chi connectivity index (χ1v) is 3.02. The lowest BCUT2D eigenvalue weighted by Gasteiger charge is -1.97. The summed E-state index contributed by atoms with van der Waals surface area (Å²) in [7, 11) is 0. The van der Waals surface area contributed by atoms with Gasteiger partial charge < -0.3 is 0 Å². The molecule has 0 heterocycles. The van der Waals surface area contributed by atoms with Gasteiger partial charge in [-0.1, -0.05) is 24.3 Å². The van der Waals surface area contributed by atoms with E-state index in [0.29, 0.717) is 5.56 Å². The minimum absolute atomic E-state index is 0.377. The van der Waals surface area contributed by atoms with Gasteiger partial charge in [-0.2, -0.15) is 4.39 Å². The number of nitrogens with one attached hydrogen (secondary N) is 1. The van der Waals surface area contributed by atoms with E-state index >= 15 is 0 Å². The predicted molar refractivity (Wildman–Crippen MR) is 39.1 cm³/mol. The molecule has 52 valence electrons. The summed E-state index contributed by atoms with van der Waals surface area (Å²) in [4.78, 5) is 0. The van der Waals surface area contributed by atoms with Crippen molar-refractivity contribution in [2.24, 2.45) is 0 Å². The fourth-order valence-corrected chi connectivity index (χ4v) is 0.819. The summed E-state index contributed by atoms with van der Waals surface area (Å²) in [5.41, 5.74) is 1.18. The minimum Gasteiger partial charge on any atom is -0.274 e. The molecule has 0 fully saturated rings. The van der Waals surface area contributed by atoms with Crippen LogP contribution in [0.4, 0.5) is 4.39 Å². The SMILES string of the molecule is Cc1ccccc1C(=N)F. The highest BCUT2D eigenvalue weighted by Gasteiger charge is 2.00. The number of benzene rings is 1. The number of halogens is 1. The summed E-state index contributed by atoms with van der Waals surface area (Å²) in [6.07, 6.45) is 0. The molecule has 10 heavy (non-hydrogen) atoms. The maximum absolute atomic E-state index is 12.3. The van der Waals surface area contributed by atoms with Crippen molar-refractivity contribution in [3.05, 3.63) is 35.4 Å². The molecule has 2 heteroatoms. The largest absolute Gasteiger partial charge is 0.274 e. The van der Waals surface area contributed by atoms with Gasteiger partial charge in [0.15, 0.2) is 0 Å². The molecule has 0 aliphatic rings. The van der Waals surface area contributed by atoms with Crippen molar-refractivity contribution in [3.8, 4) is 0 Å². The molecule has 0 aliphatic carbocycles. The van der Waals surface area contributed by atoms with E-state index in [1.165, 1.54) is 0 Å². The normalized spacial score (nSPS) is 9.40. The average molecular weight is 137 g/mol. The number of aryl methyl sites for hydroxylation is 1. The zero-order valence-electron chi connectivity index (χ0n) is 5.69. The van der Waals surface area contributed by atoms with Crippen molar-refractivity contribution in [3.63, 3.8) is 0 Å². The van der Waals surface area contributed by atoms with E-state index in [0.717, 1.165) is 5.56 Å². The van der Waals surface area contributed by atoms with E-state index < -0.39 is 5.97 Å². The van der Waals surface area contributed by atoms with E-state index in [1.807, 2.05) is 6.07 Å². The van der Waals surface area contributed by atoms with Crippen LogP contribution in [0.2, 0.25) is 0 Å². The second kappa shape index (κ2) is 2.60. The standard InChI is InChI=1S/C8H8FN/c1-6-4-2-3-5-7(6)8(9)10/h2-5,10H,1H3. The molecule has 1 aromatic rings. The number of hydrogen-bond donors (Lipinski definition) is 1. The molecule has 0 amide bonds. The Morgan fingerprint density at radius 3 is 2.40 bits per heavy atom. The fraction of sp³-hybridized carbons (Fsp3) is 0.125.